The maximum absolute atomic E-state index is 12.9. The van der Waals surface area contributed by atoms with Crippen LogP contribution in [-0.2, 0) is 10.8 Å². The second-order valence-corrected chi connectivity index (χ2v) is 9.29. The lowest BCUT2D eigenvalue weighted by Crippen LogP contribution is -2.50. The van der Waals surface area contributed by atoms with E-state index in [1.54, 1.807) is 0 Å². The molecule has 2 nitrogen and oxygen atoms in total. The molecule has 0 amide bonds. The Morgan fingerprint density at radius 2 is 1.95 bits per heavy atom. The highest BCUT2D eigenvalue weighted by molar-refractivity contribution is 7.86. The smallest absolute Gasteiger partial charge is 0.0509 e. The van der Waals surface area contributed by atoms with Gasteiger partial charge in [0.15, 0.2) is 0 Å². The first kappa shape index (κ1) is 17.2. The first-order chi connectivity index (χ1) is 8.78. The molecule has 4 atom stereocenters. The molecule has 0 saturated heterocycles. The van der Waals surface area contributed by atoms with Gasteiger partial charge in [-0.3, -0.25) is 4.21 Å². The first-order valence-corrected chi connectivity index (χ1v) is 9.19. The number of rotatable bonds is 6. The van der Waals surface area contributed by atoms with Gasteiger partial charge in [-0.25, -0.2) is 0 Å². The second kappa shape index (κ2) is 7.21. The Balaban J connectivity index is 2.78. The van der Waals surface area contributed by atoms with E-state index in [2.05, 4.69) is 46.9 Å². The lowest BCUT2D eigenvalue weighted by atomic mass is 9.75. The predicted molar refractivity (Wildman–Crippen MR) is 85.9 cm³/mol. The first-order valence-electron chi connectivity index (χ1n) is 7.91. The van der Waals surface area contributed by atoms with Gasteiger partial charge in [-0.2, -0.15) is 0 Å². The molecule has 1 aliphatic carbocycles. The molecule has 0 radical (unpaired) electrons. The van der Waals surface area contributed by atoms with Crippen LogP contribution in [0.25, 0.3) is 0 Å². The molecule has 1 N–H and O–H groups in total. The third-order valence-electron chi connectivity index (χ3n) is 4.59. The largest absolute Gasteiger partial charge is 0.313 e. The molecule has 0 spiro atoms. The van der Waals surface area contributed by atoms with Crippen LogP contribution in [0.2, 0.25) is 0 Å². The van der Waals surface area contributed by atoms with Crippen LogP contribution in [0.3, 0.4) is 0 Å². The van der Waals surface area contributed by atoms with Crippen molar-refractivity contribution < 1.29 is 4.21 Å². The Hall–Kier alpha value is 0.110. The summed E-state index contributed by atoms with van der Waals surface area (Å²) in [6.45, 7) is 14.4. The summed E-state index contributed by atoms with van der Waals surface area (Å²) in [5, 5.41) is 4.26. The van der Waals surface area contributed by atoms with Crippen molar-refractivity contribution in [2.45, 2.75) is 83.8 Å². The summed E-state index contributed by atoms with van der Waals surface area (Å²) in [7, 11) is -0.724. The van der Waals surface area contributed by atoms with Crippen molar-refractivity contribution in [3.05, 3.63) is 0 Å². The highest BCUT2D eigenvalue weighted by Gasteiger charge is 2.39. The fourth-order valence-electron chi connectivity index (χ4n) is 2.87. The van der Waals surface area contributed by atoms with E-state index in [1.807, 2.05) is 0 Å². The van der Waals surface area contributed by atoms with Gasteiger partial charge in [-0.1, -0.05) is 41.5 Å². The zero-order valence-electron chi connectivity index (χ0n) is 13.7. The van der Waals surface area contributed by atoms with Gasteiger partial charge in [0, 0.05) is 22.1 Å². The van der Waals surface area contributed by atoms with Crippen molar-refractivity contribution in [2.24, 2.45) is 11.3 Å². The summed E-state index contributed by atoms with van der Waals surface area (Å²) >= 11 is 0. The van der Waals surface area contributed by atoms with Gasteiger partial charge in [-0.05, 0) is 43.6 Å². The normalized spacial score (nSPS) is 30.3. The van der Waals surface area contributed by atoms with Crippen LogP contribution in [0.4, 0.5) is 0 Å². The Labute approximate surface area is 122 Å². The van der Waals surface area contributed by atoms with Crippen molar-refractivity contribution in [1.29, 1.82) is 0 Å². The highest BCUT2D eigenvalue weighted by Crippen LogP contribution is 2.38. The van der Waals surface area contributed by atoms with Crippen molar-refractivity contribution >= 4 is 10.8 Å². The van der Waals surface area contributed by atoms with Gasteiger partial charge in [-0.15, -0.1) is 0 Å². The quantitative estimate of drug-likeness (QED) is 0.806. The zero-order chi connectivity index (χ0) is 14.6. The van der Waals surface area contributed by atoms with Crippen LogP contribution in [-0.4, -0.2) is 27.3 Å². The fourth-order valence-corrected chi connectivity index (χ4v) is 5.13. The molecular formula is C16H33NOS. The molecule has 1 saturated carbocycles. The topological polar surface area (TPSA) is 29.1 Å². The lowest BCUT2D eigenvalue weighted by Gasteiger charge is -2.42. The fraction of sp³-hybridized carbons (Fsp3) is 1.00. The molecule has 1 fully saturated rings. The molecule has 0 aromatic heterocycles. The number of nitrogens with one attached hydrogen (secondary N) is 1. The van der Waals surface area contributed by atoms with Gasteiger partial charge < -0.3 is 5.32 Å². The molecule has 0 aromatic carbocycles. The summed E-state index contributed by atoms with van der Waals surface area (Å²) < 4.78 is 12.9. The van der Waals surface area contributed by atoms with Crippen LogP contribution in [0.15, 0.2) is 0 Å². The lowest BCUT2D eigenvalue weighted by molar-refractivity contribution is 0.211. The third kappa shape index (κ3) is 4.86. The minimum absolute atomic E-state index is 0.296. The SMILES string of the molecule is CCCNC1CCC(C)(C)CC1S(=O)C(C)C(C)C. The van der Waals surface area contributed by atoms with Gasteiger partial charge in [0.25, 0.3) is 0 Å². The molecule has 1 rings (SSSR count). The standard InChI is InChI=1S/C16H33NOS/c1-7-10-17-14-8-9-16(5,6)11-15(14)19(18)13(4)12(2)3/h12-15,17H,7-11H2,1-6H3. The van der Waals surface area contributed by atoms with E-state index in [-0.39, 0.29) is 0 Å². The summed E-state index contributed by atoms with van der Waals surface area (Å²) in [5.74, 6) is 0.498. The van der Waals surface area contributed by atoms with Crippen LogP contribution in [0.1, 0.15) is 67.2 Å². The molecular weight excluding hydrogens is 254 g/mol. The van der Waals surface area contributed by atoms with E-state index in [9.17, 15) is 4.21 Å². The molecule has 114 valence electrons. The molecule has 3 heteroatoms. The van der Waals surface area contributed by atoms with Crippen LogP contribution < -0.4 is 5.32 Å². The highest BCUT2D eigenvalue weighted by atomic mass is 32.2. The number of hydrogen-bond acceptors (Lipinski definition) is 2. The monoisotopic (exact) mass is 287 g/mol. The molecule has 0 heterocycles. The second-order valence-electron chi connectivity index (χ2n) is 7.28. The minimum atomic E-state index is -0.724. The summed E-state index contributed by atoms with van der Waals surface area (Å²) in [5.41, 5.74) is 0.349. The van der Waals surface area contributed by atoms with E-state index in [0.29, 0.717) is 27.9 Å². The Kier molecular flexibility index (Phi) is 6.52. The van der Waals surface area contributed by atoms with E-state index in [0.717, 1.165) is 19.4 Å². The third-order valence-corrected chi connectivity index (χ3v) is 6.96. The summed E-state index contributed by atoms with van der Waals surface area (Å²) in [4.78, 5) is 0. The Morgan fingerprint density at radius 1 is 1.32 bits per heavy atom. The predicted octanol–water partition coefficient (Wildman–Crippen LogP) is 3.73. The van der Waals surface area contributed by atoms with E-state index in [4.69, 9.17) is 0 Å². The van der Waals surface area contributed by atoms with Crippen LogP contribution >= 0.6 is 0 Å². The van der Waals surface area contributed by atoms with Gasteiger partial charge in [0.05, 0.1) is 5.25 Å². The minimum Gasteiger partial charge on any atom is -0.313 e. The van der Waals surface area contributed by atoms with Gasteiger partial charge in [0.1, 0.15) is 0 Å². The average molecular weight is 288 g/mol. The van der Waals surface area contributed by atoms with E-state index < -0.39 is 10.8 Å². The maximum Gasteiger partial charge on any atom is 0.0509 e. The van der Waals surface area contributed by atoms with E-state index in [1.165, 1.54) is 12.8 Å². The molecule has 19 heavy (non-hydrogen) atoms. The molecule has 1 aliphatic rings. The average Bonchev–Trinajstić information content (AvgIpc) is 2.34. The van der Waals surface area contributed by atoms with Crippen LogP contribution in [0.5, 0.6) is 0 Å². The molecule has 4 unspecified atom stereocenters. The van der Waals surface area contributed by atoms with Crippen molar-refractivity contribution in [2.75, 3.05) is 6.54 Å². The van der Waals surface area contributed by atoms with Crippen LogP contribution in [0, 0.1) is 11.3 Å². The molecule has 0 aliphatic heterocycles. The van der Waals surface area contributed by atoms with E-state index >= 15 is 0 Å². The van der Waals surface area contributed by atoms with Gasteiger partial charge >= 0.3 is 0 Å². The Bertz CT molecular complexity index is 301. The summed E-state index contributed by atoms with van der Waals surface area (Å²) in [6.07, 6.45) is 4.67. The summed E-state index contributed by atoms with van der Waals surface area (Å²) in [6, 6.07) is 0.454. The van der Waals surface area contributed by atoms with Gasteiger partial charge in [0.2, 0.25) is 0 Å². The van der Waals surface area contributed by atoms with Crippen molar-refractivity contribution in [1.82, 2.24) is 5.32 Å². The maximum atomic E-state index is 12.9. The van der Waals surface area contributed by atoms with Crippen molar-refractivity contribution in [3.8, 4) is 0 Å². The molecule has 0 aromatic rings. The zero-order valence-corrected chi connectivity index (χ0v) is 14.5. The Morgan fingerprint density at radius 3 is 2.47 bits per heavy atom. The molecule has 0 bridgehead atoms. The van der Waals surface area contributed by atoms with Crippen molar-refractivity contribution in [3.63, 3.8) is 0 Å². The number of hydrogen-bond donors (Lipinski definition) is 1.